The lowest BCUT2D eigenvalue weighted by Gasteiger charge is -2.20. The summed E-state index contributed by atoms with van der Waals surface area (Å²) < 4.78 is 17.1. The molecule has 0 saturated heterocycles. The van der Waals surface area contributed by atoms with Crippen molar-refractivity contribution in [2.75, 3.05) is 14.2 Å². The Labute approximate surface area is 180 Å². The predicted octanol–water partition coefficient (Wildman–Crippen LogP) is 4.65. The van der Waals surface area contributed by atoms with E-state index in [0.29, 0.717) is 16.6 Å². The standard InChI is InChI=1S/C24H25NO6/c1-7-10-15-13-14-11-8-9-12-16(14)19-17(21(26)29-5)18(22(27)30-6)20(25(15)19)23(28)31-24(2,3)4/h7-13H,1-6H3. The summed E-state index contributed by atoms with van der Waals surface area (Å²) in [4.78, 5) is 39.0. The zero-order chi connectivity index (χ0) is 22.9. The van der Waals surface area contributed by atoms with Crippen LogP contribution in [0.4, 0.5) is 0 Å². The fourth-order valence-electron chi connectivity index (χ4n) is 3.56. The first kappa shape index (κ1) is 22.1. The summed E-state index contributed by atoms with van der Waals surface area (Å²) in [6.45, 7) is 7.01. The van der Waals surface area contributed by atoms with E-state index in [0.717, 1.165) is 5.39 Å². The van der Waals surface area contributed by atoms with Crippen LogP contribution in [-0.2, 0) is 14.2 Å². The number of hydrogen-bond donors (Lipinski definition) is 0. The van der Waals surface area contributed by atoms with Crippen LogP contribution in [0.25, 0.3) is 22.4 Å². The average molecular weight is 423 g/mol. The molecule has 3 rings (SSSR count). The number of benzene rings is 1. The molecule has 7 heteroatoms. The van der Waals surface area contributed by atoms with E-state index in [4.69, 9.17) is 14.2 Å². The Kier molecular flexibility index (Phi) is 5.88. The zero-order valence-electron chi connectivity index (χ0n) is 18.4. The second-order valence-electron chi connectivity index (χ2n) is 7.92. The number of rotatable bonds is 4. The van der Waals surface area contributed by atoms with E-state index in [9.17, 15) is 14.4 Å². The van der Waals surface area contributed by atoms with Crippen LogP contribution in [0, 0.1) is 0 Å². The molecule has 0 N–H and O–H groups in total. The molecule has 0 amide bonds. The Hall–Kier alpha value is -3.61. The molecule has 7 nitrogen and oxygen atoms in total. The molecule has 0 unspecified atom stereocenters. The van der Waals surface area contributed by atoms with Gasteiger partial charge in [-0.3, -0.25) is 0 Å². The molecule has 0 saturated carbocycles. The third-order valence-corrected chi connectivity index (χ3v) is 4.66. The molecule has 0 aliphatic rings. The van der Waals surface area contributed by atoms with Crippen molar-refractivity contribution >= 4 is 40.3 Å². The molecule has 162 valence electrons. The summed E-state index contributed by atoms with van der Waals surface area (Å²) in [5.41, 5.74) is -0.173. The molecule has 3 aromatic rings. The molecular formula is C24H25NO6. The molecule has 0 aliphatic carbocycles. The van der Waals surface area contributed by atoms with Crippen LogP contribution < -0.4 is 0 Å². The van der Waals surface area contributed by atoms with E-state index in [1.807, 2.05) is 37.3 Å². The smallest absolute Gasteiger partial charge is 0.356 e. The van der Waals surface area contributed by atoms with Crippen LogP contribution in [0.15, 0.2) is 36.4 Å². The van der Waals surface area contributed by atoms with Crippen molar-refractivity contribution in [1.29, 1.82) is 0 Å². The van der Waals surface area contributed by atoms with E-state index in [2.05, 4.69) is 0 Å². The molecule has 0 aliphatic heterocycles. The molecule has 1 aromatic carbocycles. The monoisotopic (exact) mass is 423 g/mol. The maximum Gasteiger partial charge on any atom is 0.356 e. The molecule has 2 aromatic heterocycles. The number of pyridine rings is 1. The predicted molar refractivity (Wildman–Crippen MR) is 117 cm³/mol. The lowest BCUT2D eigenvalue weighted by molar-refractivity contribution is 0.00574. The van der Waals surface area contributed by atoms with Gasteiger partial charge in [0.25, 0.3) is 0 Å². The quantitative estimate of drug-likeness (QED) is 0.449. The first-order valence-electron chi connectivity index (χ1n) is 9.77. The molecule has 31 heavy (non-hydrogen) atoms. The zero-order valence-corrected chi connectivity index (χ0v) is 18.4. The molecule has 0 atom stereocenters. The van der Waals surface area contributed by atoms with E-state index in [1.54, 1.807) is 37.3 Å². The number of ether oxygens (including phenoxy) is 3. The van der Waals surface area contributed by atoms with Gasteiger partial charge in [0, 0.05) is 11.1 Å². The first-order chi connectivity index (χ1) is 14.6. The minimum Gasteiger partial charge on any atom is -0.465 e. The summed E-state index contributed by atoms with van der Waals surface area (Å²) in [5, 5.41) is 1.51. The SMILES string of the molecule is CC=Cc1cc2ccccc2c2c(C(=O)OC)c(C(=O)OC)c(C(=O)OC(C)(C)C)n12. The van der Waals surface area contributed by atoms with Gasteiger partial charge in [-0.1, -0.05) is 30.3 Å². The van der Waals surface area contributed by atoms with Gasteiger partial charge in [0.1, 0.15) is 22.4 Å². The van der Waals surface area contributed by atoms with E-state index < -0.39 is 23.5 Å². The van der Waals surface area contributed by atoms with Gasteiger partial charge < -0.3 is 18.6 Å². The van der Waals surface area contributed by atoms with Gasteiger partial charge in [-0.05, 0) is 45.2 Å². The van der Waals surface area contributed by atoms with Crippen molar-refractivity contribution in [1.82, 2.24) is 4.40 Å². The Balaban J connectivity index is 2.64. The molecule has 0 radical (unpaired) electrons. The number of hydrogen-bond acceptors (Lipinski definition) is 6. The molecule has 2 heterocycles. The Morgan fingerprint density at radius 3 is 2.13 bits per heavy atom. The molecule has 0 spiro atoms. The van der Waals surface area contributed by atoms with Crippen LogP contribution in [0.3, 0.4) is 0 Å². The third kappa shape index (κ3) is 3.91. The highest BCUT2D eigenvalue weighted by molar-refractivity contribution is 6.19. The fourth-order valence-corrected chi connectivity index (χ4v) is 3.56. The van der Waals surface area contributed by atoms with Crippen molar-refractivity contribution < 1.29 is 28.6 Å². The fraction of sp³-hybridized carbons (Fsp3) is 0.292. The Bertz CT molecular complexity index is 1230. The third-order valence-electron chi connectivity index (χ3n) is 4.66. The van der Waals surface area contributed by atoms with Gasteiger partial charge in [-0.2, -0.15) is 0 Å². The molecular weight excluding hydrogens is 398 g/mol. The lowest BCUT2D eigenvalue weighted by atomic mass is 10.0. The van der Waals surface area contributed by atoms with Gasteiger partial charge in [0.2, 0.25) is 0 Å². The molecule has 0 fully saturated rings. The van der Waals surface area contributed by atoms with Crippen LogP contribution in [0.1, 0.15) is 64.6 Å². The highest BCUT2D eigenvalue weighted by Crippen LogP contribution is 2.34. The number of carbonyl (C=O) groups excluding carboxylic acids is 3. The van der Waals surface area contributed by atoms with E-state index >= 15 is 0 Å². The minimum atomic E-state index is -0.833. The van der Waals surface area contributed by atoms with E-state index in [-0.39, 0.29) is 16.8 Å². The summed E-state index contributed by atoms with van der Waals surface area (Å²) in [5.74, 6) is -2.34. The van der Waals surface area contributed by atoms with Gasteiger partial charge in [0.05, 0.1) is 19.7 Å². The number of carbonyl (C=O) groups is 3. The second kappa shape index (κ2) is 8.26. The van der Waals surface area contributed by atoms with Gasteiger partial charge in [-0.15, -0.1) is 0 Å². The Morgan fingerprint density at radius 1 is 0.935 bits per heavy atom. The number of fused-ring (bicyclic) bond motifs is 3. The van der Waals surface area contributed by atoms with E-state index in [1.165, 1.54) is 14.2 Å². The van der Waals surface area contributed by atoms with Crippen LogP contribution in [-0.4, -0.2) is 42.1 Å². The van der Waals surface area contributed by atoms with Crippen LogP contribution >= 0.6 is 0 Å². The topological polar surface area (TPSA) is 83.3 Å². The van der Waals surface area contributed by atoms with Gasteiger partial charge in [-0.25, -0.2) is 14.4 Å². The maximum atomic E-state index is 13.3. The summed E-state index contributed by atoms with van der Waals surface area (Å²) >= 11 is 0. The van der Waals surface area contributed by atoms with Crippen molar-refractivity contribution in [3.05, 3.63) is 58.9 Å². The lowest BCUT2D eigenvalue weighted by Crippen LogP contribution is -2.26. The summed E-state index contributed by atoms with van der Waals surface area (Å²) in [6, 6.07) is 9.27. The minimum absolute atomic E-state index is 0.0437. The number of aromatic nitrogens is 1. The van der Waals surface area contributed by atoms with Gasteiger partial charge >= 0.3 is 17.9 Å². The second-order valence-corrected chi connectivity index (χ2v) is 7.92. The van der Waals surface area contributed by atoms with Crippen molar-refractivity contribution in [2.24, 2.45) is 0 Å². The largest absolute Gasteiger partial charge is 0.465 e. The van der Waals surface area contributed by atoms with Crippen LogP contribution in [0.5, 0.6) is 0 Å². The number of allylic oxidation sites excluding steroid dienone is 1. The normalized spacial score (nSPS) is 11.8. The van der Waals surface area contributed by atoms with Crippen molar-refractivity contribution in [3.8, 4) is 0 Å². The number of nitrogens with zero attached hydrogens (tertiary/aromatic N) is 1. The number of methoxy groups -OCH3 is 2. The average Bonchev–Trinajstić information content (AvgIpc) is 3.08. The summed E-state index contributed by atoms with van der Waals surface area (Å²) in [7, 11) is 2.41. The summed E-state index contributed by atoms with van der Waals surface area (Å²) in [6.07, 6.45) is 3.59. The first-order valence-corrected chi connectivity index (χ1v) is 9.77. The van der Waals surface area contributed by atoms with Crippen molar-refractivity contribution in [3.63, 3.8) is 0 Å². The van der Waals surface area contributed by atoms with Crippen molar-refractivity contribution in [2.45, 2.75) is 33.3 Å². The highest BCUT2D eigenvalue weighted by atomic mass is 16.6. The Morgan fingerprint density at radius 2 is 1.55 bits per heavy atom. The molecule has 0 bridgehead atoms. The number of esters is 3. The highest BCUT2D eigenvalue weighted by Gasteiger charge is 2.36. The van der Waals surface area contributed by atoms with Crippen LogP contribution in [0.2, 0.25) is 0 Å². The maximum absolute atomic E-state index is 13.3. The van der Waals surface area contributed by atoms with Gasteiger partial charge in [0.15, 0.2) is 0 Å².